The van der Waals surface area contributed by atoms with Crippen LogP contribution in [0.5, 0.6) is 5.88 Å². The zero-order valence-electron chi connectivity index (χ0n) is 13.6. The zero-order chi connectivity index (χ0) is 19.4. The van der Waals surface area contributed by atoms with Crippen molar-refractivity contribution >= 4 is 31.8 Å². The van der Waals surface area contributed by atoms with Crippen molar-refractivity contribution in [1.29, 1.82) is 0 Å². The van der Waals surface area contributed by atoms with Crippen molar-refractivity contribution < 1.29 is 21.9 Å². The molecule has 0 aliphatic heterocycles. The van der Waals surface area contributed by atoms with E-state index in [1.54, 1.807) is 0 Å². The highest BCUT2D eigenvalue weighted by molar-refractivity contribution is 9.10. The Balaban J connectivity index is 1.88. The van der Waals surface area contributed by atoms with E-state index in [0.29, 0.717) is 10.7 Å². The number of rotatable bonds is 6. The first-order valence-electron chi connectivity index (χ1n) is 7.52. The molecule has 0 radical (unpaired) electrons. The van der Waals surface area contributed by atoms with Gasteiger partial charge in [-0.15, -0.1) is 0 Å². The summed E-state index contributed by atoms with van der Waals surface area (Å²) in [6.07, 6.45) is 1.26. The SMILES string of the molecule is O=S(=O)(Nc1ncc(Br)nc1OCc1ccccc1)c1ccc(F)cc1F. The largest absolute Gasteiger partial charge is 0.470 e. The van der Waals surface area contributed by atoms with E-state index in [2.05, 4.69) is 30.6 Å². The highest BCUT2D eigenvalue weighted by Crippen LogP contribution is 2.26. The average Bonchev–Trinajstić information content (AvgIpc) is 2.62. The Morgan fingerprint density at radius 3 is 2.56 bits per heavy atom. The van der Waals surface area contributed by atoms with Gasteiger partial charge in [0.2, 0.25) is 5.82 Å². The van der Waals surface area contributed by atoms with Gasteiger partial charge < -0.3 is 4.74 Å². The minimum absolute atomic E-state index is 0.0978. The third-order valence-electron chi connectivity index (χ3n) is 3.34. The minimum atomic E-state index is -4.37. The predicted octanol–water partition coefficient (Wildman–Crippen LogP) is 3.90. The van der Waals surface area contributed by atoms with Crippen LogP contribution in [0.1, 0.15) is 5.56 Å². The lowest BCUT2D eigenvalue weighted by Crippen LogP contribution is -2.17. The van der Waals surface area contributed by atoms with E-state index < -0.39 is 26.6 Å². The van der Waals surface area contributed by atoms with Gasteiger partial charge in [-0.1, -0.05) is 30.3 Å². The number of anilines is 1. The fourth-order valence-corrected chi connectivity index (χ4v) is 3.45. The van der Waals surface area contributed by atoms with E-state index in [0.717, 1.165) is 17.7 Å². The van der Waals surface area contributed by atoms with Gasteiger partial charge in [0.15, 0.2) is 0 Å². The van der Waals surface area contributed by atoms with Crippen LogP contribution in [0.2, 0.25) is 0 Å². The molecule has 10 heteroatoms. The van der Waals surface area contributed by atoms with E-state index in [9.17, 15) is 17.2 Å². The summed E-state index contributed by atoms with van der Waals surface area (Å²) in [6, 6.07) is 11.3. The molecule has 27 heavy (non-hydrogen) atoms. The predicted molar refractivity (Wildman–Crippen MR) is 97.7 cm³/mol. The van der Waals surface area contributed by atoms with E-state index in [1.807, 2.05) is 30.3 Å². The van der Waals surface area contributed by atoms with Crippen LogP contribution < -0.4 is 9.46 Å². The van der Waals surface area contributed by atoms with Gasteiger partial charge in [-0.3, -0.25) is 4.72 Å². The second-order valence-corrected chi connectivity index (χ2v) is 7.76. The molecule has 0 amide bonds. The molecule has 1 N–H and O–H groups in total. The monoisotopic (exact) mass is 455 g/mol. The molecule has 3 rings (SSSR count). The van der Waals surface area contributed by atoms with Gasteiger partial charge in [-0.2, -0.15) is 0 Å². The molecule has 0 aliphatic carbocycles. The molecule has 0 aliphatic rings. The van der Waals surface area contributed by atoms with Crippen molar-refractivity contribution in [2.75, 3.05) is 4.72 Å². The quantitative estimate of drug-likeness (QED) is 0.609. The van der Waals surface area contributed by atoms with E-state index in [1.165, 1.54) is 6.20 Å². The summed E-state index contributed by atoms with van der Waals surface area (Å²) in [6.45, 7) is 0.117. The van der Waals surface area contributed by atoms with Gasteiger partial charge in [0, 0.05) is 6.07 Å². The van der Waals surface area contributed by atoms with Crippen LogP contribution in [0.25, 0.3) is 0 Å². The van der Waals surface area contributed by atoms with E-state index in [-0.39, 0.29) is 18.3 Å². The maximum Gasteiger partial charge on any atom is 0.266 e. The molecule has 0 saturated heterocycles. The van der Waals surface area contributed by atoms with Crippen molar-refractivity contribution in [3.63, 3.8) is 0 Å². The molecule has 0 unspecified atom stereocenters. The Kier molecular flexibility index (Phi) is 5.66. The Morgan fingerprint density at radius 2 is 1.85 bits per heavy atom. The molecule has 140 valence electrons. The molecular weight excluding hydrogens is 444 g/mol. The lowest BCUT2D eigenvalue weighted by atomic mass is 10.2. The molecule has 1 aromatic heterocycles. The first kappa shape index (κ1) is 19.2. The molecule has 0 spiro atoms. The lowest BCUT2D eigenvalue weighted by molar-refractivity contribution is 0.294. The Bertz CT molecular complexity index is 1070. The standard InChI is InChI=1S/C17H12BrF2N3O3S/c18-15-9-21-16(17(22-15)26-10-11-4-2-1-3-5-11)23-27(24,25)14-7-6-12(19)8-13(14)20/h1-9H,10H2,(H,21,23). The number of nitrogens with zero attached hydrogens (tertiary/aromatic N) is 2. The molecular formula is C17H12BrF2N3O3S. The second-order valence-electron chi connectivity index (χ2n) is 5.30. The molecule has 0 fully saturated rings. The van der Waals surface area contributed by atoms with E-state index >= 15 is 0 Å². The fourth-order valence-electron chi connectivity index (χ4n) is 2.12. The van der Waals surface area contributed by atoms with Crippen molar-refractivity contribution in [2.45, 2.75) is 11.5 Å². The Labute approximate surface area is 162 Å². The van der Waals surface area contributed by atoms with Crippen molar-refractivity contribution in [2.24, 2.45) is 0 Å². The van der Waals surface area contributed by atoms with Gasteiger partial charge in [-0.25, -0.2) is 27.2 Å². The first-order valence-corrected chi connectivity index (χ1v) is 9.80. The van der Waals surface area contributed by atoms with Crippen LogP contribution in [0, 0.1) is 11.6 Å². The smallest absolute Gasteiger partial charge is 0.266 e. The molecule has 1 heterocycles. The summed E-state index contributed by atoms with van der Waals surface area (Å²) >= 11 is 3.13. The summed E-state index contributed by atoms with van der Waals surface area (Å²) in [5, 5.41) is 0. The topological polar surface area (TPSA) is 81.2 Å². The van der Waals surface area contributed by atoms with Gasteiger partial charge in [0.1, 0.15) is 27.7 Å². The van der Waals surface area contributed by atoms with Crippen LogP contribution in [0.4, 0.5) is 14.6 Å². The van der Waals surface area contributed by atoms with Gasteiger partial charge in [0.25, 0.3) is 15.9 Å². The third kappa shape index (κ3) is 4.77. The van der Waals surface area contributed by atoms with Gasteiger partial charge in [-0.05, 0) is 33.6 Å². The molecule has 0 atom stereocenters. The number of nitrogens with one attached hydrogen (secondary N) is 1. The second kappa shape index (κ2) is 7.97. The third-order valence-corrected chi connectivity index (χ3v) is 5.10. The minimum Gasteiger partial charge on any atom is -0.470 e. The molecule has 3 aromatic rings. The Morgan fingerprint density at radius 1 is 1.11 bits per heavy atom. The lowest BCUT2D eigenvalue weighted by Gasteiger charge is -2.12. The number of sulfonamides is 1. The van der Waals surface area contributed by atoms with Crippen molar-refractivity contribution in [3.05, 3.63) is 76.5 Å². The Hall–Kier alpha value is -2.59. The van der Waals surface area contributed by atoms with Crippen molar-refractivity contribution in [1.82, 2.24) is 9.97 Å². The van der Waals surface area contributed by atoms with Crippen LogP contribution >= 0.6 is 15.9 Å². The van der Waals surface area contributed by atoms with Gasteiger partial charge in [0.05, 0.1) is 6.20 Å². The maximum atomic E-state index is 13.8. The van der Waals surface area contributed by atoms with Crippen LogP contribution in [-0.4, -0.2) is 18.4 Å². The number of halogens is 3. The fraction of sp³-hybridized carbons (Fsp3) is 0.0588. The zero-order valence-corrected chi connectivity index (χ0v) is 16.0. The van der Waals surface area contributed by atoms with Crippen LogP contribution in [-0.2, 0) is 16.6 Å². The van der Waals surface area contributed by atoms with Crippen LogP contribution in [0.15, 0.2) is 64.2 Å². The number of benzene rings is 2. The number of hydrogen-bond donors (Lipinski definition) is 1. The number of hydrogen-bond acceptors (Lipinski definition) is 5. The highest BCUT2D eigenvalue weighted by Gasteiger charge is 2.23. The van der Waals surface area contributed by atoms with Crippen molar-refractivity contribution in [3.8, 4) is 5.88 Å². The summed E-state index contributed by atoms with van der Waals surface area (Å²) in [5.74, 6) is -2.43. The molecule has 0 bridgehead atoms. The summed E-state index contributed by atoms with van der Waals surface area (Å²) in [5.41, 5.74) is 0.831. The summed E-state index contributed by atoms with van der Waals surface area (Å²) in [7, 11) is -4.37. The molecule has 0 saturated carbocycles. The number of aromatic nitrogens is 2. The normalized spacial score (nSPS) is 11.2. The highest BCUT2D eigenvalue weighted by atomic mass is 79.9. The van der Waals surface area contributed by atoms with Gasteiger partial charge >= 0.3 is 0 Å². The van der Waals surface area contributed by atoms with Crippen LogP contribution in [0.3, 0.4) is 0 Å². The van der Waals surface area contributed by atoms with E-state index in [4.69, 9.17) is 4.74 Å². The first-order chi connectivity index (χ1) is 12.8. The average molecular weight is 456 g/mol. The molecule has 6 nitrogen and oxygen atoms in total. The maximum absolute atomic E-state index is 13.8. The number of ether oxygens (including phenoxy) is 1. The summed E-state index contributed by atoms with van der Waals surface area (Å²) in [4.78, 5) is 7.26. The molecule has 2 aromatic carbocycles. The summed E-state index contributed by atoms with van der Waals surface area (Å²) < 4.78 is 59.7.